The molecular weight excluding hydrogens is 322 g/mol. The number of carbonyl (C=O) groups is 1. The summed E-state index contributed by atoms with van der Waals surface area (Å²) < 4.78 is 7.20. The third-order valence-corrected chi connectivity index (χ3v) is 5.26. The topological polar surface area (TPSA) is 97.3 Å². The largest absolute Gasteiger partial charge is 0.476 e. The van der Waals surface area contributed by atoms with Crippen molar-refractivity contribution in [2.24, 2.45) is 0 Å². The fraction of sp³-hybridized carbons (Fsp3) is 0.647. The number of hydrogen-bond acceptors (Lipinski definition) is 6. The van der Waals surface area contributed by atoms with Crippen LogP contribution in [0.15, 0.2) is 4.52 Å². The van der Waals surface area contributed by atoms with Crippen molar-refractivity contribution < 1.29 is 14.4 Å². The summed E-state index contributed by atoms with van der Waals surface area (Å²) in [7, 11) is 2.03. The number of aromatic nitrogens is 4. The van der Waals surface area contributed by atoms with Crippen molar-refractivity contribution in [2.75, 3.05) is 7.05 Å². The maximum atomic E-state index is 11.5. The lowest BCUT2D eigenvalue weighted by Gasteiger charge is -2.30. The molecule has 0 saturated heterocycles. The number of hydrogen-bond donors (Lipinski definition) is 1. The first-order chi connectivity index (χ1) is 12.1. The van der Waals surface area contributed by atoms with Gasteiger partial charge >= 0.3 is 5.97 Å². The number of carboxylic acids is 1. The van der Waals surface area contributed by atoms with Crippen LogP contribution in [0.2, 0.25) is 0 Å². The van der Waals surface area contributed by atoms with E-state index in [9.17, 15) is 9.90 Å². The number of aromatic carboxylic acids is 1. The Hall–Kier alpha value is -2.22. The lowest BCUT2D eigenvalue weighted by atomic mass is 9.90. The van der Waals surface area contributed by atoms with Crippen LogP contribution in [0.5, 0.6) is 0 Å². The Morgan fingerprint density at radius 1 is 1.40 bits per heavy atom. The summed E-state index contributed by atoms with van der Waals surface area (Å²) in [5, 5.41) is 17.8. The van der Waals surface area contributed by atoms with Gasteiger partial charge in [0.05, 0.1) is 6.54 Å². The standard InChI is InChI=1S/C17H23N5O3/c1-3-22-13-7-6-11(8-12(13)15(19-22)17(23)24)21(2)9-14-18-16(20-25-14)10-4-5-10/h10-11H,3-9H2,1-2H3,(H,23,24). The first-order valence-electron chi connectivity index (χ1n) is 8.91. The molecule has 2 aromatic heterocycles. The highest BCUT2D eigenvalue weighted by Gasteiger charge is 2.32. The molecule has 2 aromatic rings. The molecule has 1 saturated carbocycles. The monoisotopic (exact) mass is 345 g/mol. The third-order valence-electron chi connectivity index (χ3n) is 5.26. The highest BCUT2D eigenvalue weighted by atomic mass is 16.5. The van der Waals surface area contributed by atoms with Crippen molar-refractivity contribution in [3.8, 4) is 0 Å². The van der Waals surface area contributed by atoms with E-state index in [0.29, 0.717) is 31.3 Å². The maximum Gasteiger partial charge on any atom is 0.356 e. The van der Waals surface area contributed by atoms with Gasteiger partial charge in [-0.05, 0) is 46.1 Å². The molecule has 1 atom stereocenters. The minimum Gasteiger partial charge on any atom is -0.476 e. The van der Waals surface area contributed by atoms with Crippen molar-refractivity contribution >= 4 is 5.97 Å². The summed E-state index contributed by atoms with van der Waals surface area (Å²) in [6, 6.07) is 0.247. The zero-order chi connectivity index (χ0) is 17.6. The van der Waals surface area contributed by atoms with Gasteiger partial charge in [0.2, 0.25) is 5.89 Å². The minimum absolute atomic E-state index is 0.198. The maximum absolute atomic E-state index is 11.5. The number of fused-ring (bicyclic) bond motifs is 1. The molecule has 1 fully saturated rings. The summed E-state index contributed by atoms with van der Waals surface area (Å²) in [6.45, 7) is 3.27. The number of nitrogens with zero attached hydrogens (tertiary/aromatic N) is 5. The molecule has 8 heteroatoms. The summed E-state index contributed by atoms with van der Waals surface area (Å²) >= 11 is 0. The summed E-state index contributed by atoms with van der Waals surface area (Å²) in [5.74, 6) is 1.00. The van der Waals surface area contributed by atoms with Crippen molar-refractivity contribution in [2.45, 2.75) is 64.1 Å². The Morgan fingerprint density at radius 2 is 2.20 bits per heavy atom. The molecule has 134 valence electrons. The molecular formula is C17H23N5O3. The van der Waals surface area contributed by atoms with Gasteiger partial charge in [-0.2, -0.15) is 10.1 Å². The average molecular weight is 345 g/mol. The fourth-order valence-corrected chi connectivity index (χ4v) is 3.66. The Morgan fingerprint density at radius 3 is 2.88 bits per heavy atom. The second kappa shape index (κ2) is 6.25. The molecule has 25 heavy (non-hydrogen) atoms. The fourth-order valence-electron chi connectivity index (χ4n) is 3.66. The van der Waals surface area contributed by atoms with Crippen LogP contribution in [0.4, 0.5) is 0 Å². The van der Waals surface area contributed by atoms with Gasteiger partial charge in [0.25, 0.3) is 0 Å². The van der Waals surface area contributed by atoms with Gasteiger partial charge < -0.3 is 9.63 Å². The molecule has 0 aromatic carbocycles. The first kappa shape index (κ1) is 16.3. The predicted molar refractivity (Wildman–Crippen MR) is 88.4 cm³/mol. The molecule has 0 radical (unpaired) electrons. The number of carboxylic acid groups (broad SMARTS) is 1. The molecule has 0 aliphatic heterocycles. The summed E-state index contributed by atoms with van der Waals surface area (Å²) in [4.78, 5) is 18.2. The predicted octanol–water partition coefficient (Wildman–Crippen LogP) is 1.85. The Labute approximate surface area is 145 Å². The van der Waals surface area contributed by atoms with Crippen LogP contribution >= 0.6 is 0 Å². The number of rotatable bonds is 6. The molecule has 0 amide bonds. The van der Waals surface area contributed by atoms with Crippen molar-refractivity contribution in [3.63, 3.8) is 0 Å². The average Bonchev–Trinajstić information content (AvgIpc) is 3.23. The Kier molecular flexibility index (Phi) is 4.07. The van der Waals surface area contributed by atoms with E-state index >= 15 is 0 Å². The van der Waals surface area contributed by atoms with Crippen LogP contribution in [0.1, 0.15) is 65.6 Å². The van der Waals surface area contributed by atoms with Gasteiger partial charge in [-0.25, -0.2) is 4.79 Å². The normalized spacial score (nSPS) is 20.0. The van der Waals surface area contributed by atoms with Gasteiger partial charge in [0, 0.05) is 29.8 Å². The molecule has 2 aliphatic carbocycles. The van der Waals surface area contributed by atoms with Gasteiger partial charge in [0.1, 0.15) is 0 Å². The molecule has 1 N–H and O–H groups in total. The number of likely N-dealkylation sites (N-methyl/N-ethyl adjacent to an activating group) is 1. The molecule has 8 nitrogen and oxygen atoms in total. The van der Waals surface area contributed by atoms with Crippen LogP contribution in [0.3, 0.4) is 0 Å². The smallest absolute Gasteiger partial charge is 0.356 e. The first-order valence-corrected chi connectivity index (χ1v) is 8.91. The van der Waals surface area contributed by atoms with E-state index in [1.54, 1.807) is 0 Å². The highest BCUT2D eigenvalue weighted by molar-refractivity contribution is 5.87. The van der Waals surface area contributed by atoms with Crippen molar-refractivity contribution in [1.82, 2.24) is 24.8 Å². The van der Waals surface area contributed by atoms with Gasteiger partial charge in [-0.3, -0.25) is 9.58 Å². The minimum atomic E-state index is -0.947. The zero-order valence-corrected chi connectivity index (χ0v) is 14.6. The van der Waals surface area contributed by atoms with Gasteiger partial charge in [-0.15, -0.1) is 0 Å². The second-order valence-electron chi connectivity index (χ2n) is 7.03. The van der Waals surface area contributed by atoms with Crippen molar-refractivity contribution in [3.05, 3.63) is 28.7 Å². The van der Waals surface area contributed by atoms with Crippen LogP contribution in [-0.4, -0.2) is 49.0 Å². The lowest BCUT2D eigenvalue weighted by Crippen LogP contribution is -2.36. The summed E-state index contributed by atoms with van der Waals surface area (Å²) in [6.07, 6.45) is 4.81. The van der Waals surface area contributed by atoms with Crippen LogP contribution in [0.25, 0.3) is 0 Å². The quantitative estimate of drug-likeness (QED) is 0.853. The Bertz CT molecular complexity index is 792. The van der Waals surface area contributed by atoms with E-state index in [2.05, 4.69) is 20.1 Å². The Balaban J connectivity index is 1.48. The van der Waals surface area contributed by atoms with E-state index < -0.39 is 5.97 Å². The van der Waals surface area contributed by atoms with Gasteiger partial charge in [0.15, 0.2) is 11.5 Å². The van der Waals surface area contributed by atoms with E-state index in [-0.39, 0.29) is 11.7 Å². The SMILES string of the molecule is CCn1nc(C(=O)O)c2c1CCC(N(C)Cc1nc(C3CC3)no1)C2. The van der Waals surface area contributed by atoms with E-state index in [0.717, 1.165) is 42.8 Å². The highest BCUT2D eigenvalue weighted by Crippen LogP contribution is 2.38. The lowest BCUT2D eigenvalue weighted by molar-refractivity contribution is 0.0687. The van der Waals surface area contributed by atoms with Crippen molar-refractivity contribution in [1.29, 1.82) is 0 Å². The molecule has 2 aliphatic rings. The van der Waals surface area contributed by atoms with E-state index in [4.69, 9.17) is 4.52 Å². The van der Waals surface area contributed by atoms with Crippen LogP contribution in [-0.2, 0) is 25.9 Å². The van der Waals surface area contributed by atoms with Gasteiger partial charge in [-0.1, -0.05) is 5.16 Å². The van der Waals surface area contributed by atoms with E-state index in [1.807, 2.05) is 18.7 Å². The summed E-state index contributed by atoms with van der Waals surface area (Å²) in [5.41, 5.74) is 2.14. The molecule has 2 heterocycles. The zero-order valence-electron chi connectivity index (χ0n) is 14.6. The number of aryl methyl sites for hydroxylation is 1. The second-order valence-corrected chi connectivity index (χ2v) is 7.03. The molecule has 4 rings (SSSR count). The third kappa shape index (κ3) is 3.06. The van der Waals surface area contributed by atoms with Crippen LogP contribution < -0.4 is 0 Å². The molecule has 1 unspecified atom stereocenters. The van der Waals surface area contributed by atoms with E-state index in [1.165, 1.54) is 0 Å². The molecule has 0 spiro atoms. The van der Waals surface area contributed by atoms with Crippen LogP contribution in [0, 0.1) is 0 Å². The molecule has 0 bridgehead atoms.